The molecule has 0 aliphatic rings. The minimum Gasteiger partial charge on any atom is -0.478 e. The van der Waals surface area contributed by atoms with Gasteiger partial charge in [-0.2, -0.15) is 5.10 Å². The predicted octanol–water partition coefficient (Wildman–Crippen LogP) is 5.25. The van der Waals surface area contributed by atoms with Gasteiger partial charge in [-0.15, -0.1) is 0 Å². The second-order valence-corrected chi connectivity index (χ2v) is 6.41. The Morgan fingerprint density at radius 3 is 2.71 bits per heavy atom. The summed E-state index contributed by atoms with van der Waals surface area (Å²) in [5, 5.41) is 14.9. The normalized spacial score (nSPS) is 11.5. The van der Waals surface area contributed by atoms with Crippen molar-refractivity contribution in [1.82, 2.24) is 9.78 Å². The van der Waals surface area contributed by atoms with Crippen LogP contribution in [-0.4, -0.2) is 20.9 Å². The molecule has 1 aromatic heterocycles. The zero-order valence-corrected chi connectivity index (χ0v) is 15.0. The zero-order chi connectivity index (χ0) is 17.7. The number of hydrogen-bond donors (Lipinski definition) is 1. The lowest BCUT2D eigenvalue weighted by molar-refractivity contribution is 0.0694. The summed E-state index contributed by atoms with van der Waals surface area (Å²) in [6.45, 7) is 6.03. The van der Waals surface area contributed by atoms with E-state index in [9.17, 15) is 9.90 Å². The summed E-state index contributed by atoms with van der Waals surface area (Å²) < 4.78 is 1.72. The smallest absolute Gasteiger partial charge is 0.339 e. The molecule has 0 radical (unpaired) electrons. The summed E-state index contributed by atoms with van der Waals surface area (Å²) in [6, 6.07) is 7.32. The van der Waals surface area contributed by atoms with Gasteiger partial charge in [0.1, 0.15) is 5.56 Å². The average Bonchev–Trinajstić information content (AvgIpc) is 2.91. The lowest BCUT2D eigenvalue weighted by Crippen LogP contribution is -2.08. The van der Waals surface area contributed by atoms with Gasteiger partial charge in [0.05, 0.1) is 17.1 Å². The summed E-state index contributed by atoms with van der Waals surface area (Å²) >= 11 is 6.09. The number of nitrogens with zero attached hydrogens (tertiary/aromatic N) is 2. The summed E-state index contributed by atoms with van der Waals surface area (Å²) in [6.07, 6.45) is 6.50. The van der Waals surface area contributed by atoms with E-state index in [1.54, 1.807) is 16.8 Å². The Bertz CT molecular complexity index is 748. The van der Waals surface area contributed by atoms with E-state index in [0.717, 1.165) is 18.5 Å². The molecule has 0 saturated carbocycles. The molecule has 1 heterocycles. The number of carbonyl (C=O) groups is 1. The topological polar surface area (TPSA) is 55.1 Å². The first-order valence-electron chi connectivity index (χ1n) is 8.21. The Morgan fingerprint density at radius 2 is 2.12 bits per heavy atom. The van der Waals surface area contributed by atoms with E-state index >= 15 is 0 Å². The van der Waals surface area contributed by atoms with Gasteiger partial charge in [0.15, 0.2) is 0 Å². The van der Waals surface area contributed by atoms with Crippen LogP contribution in [-0.2, 0) is 6.42 Å². The first-order valence-corrected chi connectivity index (χ1v) is 8.59. The molecule has 2 rings (SSSR count). The van der Waals surface area contributed by atoms with Gasteiger partial charge in [0, 0.05) is 5.02 Å². The highest BCUT2D eigenvalue weighted by Crippen LogP contribution is 2.28. The molecule has 0 atom stereocenters. The van der Waals surface area contributed by atoms with E-state index in [4.69, 9.17) is 11.6 Å². The highest BCUT2D eigenvalue weighted by molar-refractivity contribution is 6.30. The molecule has 0 saturated heterocycles. The van der Waals surface area contributed by atoms with Crippen molar-refractivity contribution < 1.29 is 9.90 Å². The van der Waals surface area contributed by atoms with Crippen LogP contribution in [0.1, 0.15) is 61.3 Å². The third-order valence-electron chi connectivity index (χ3n) is 3.76. The number of aromatic nitrogens is 2. The van der Waals surface area contributed by atoms with Gasteiger partial charge < -0.3 is 5.11 Å². The van der Waals surface area contributed by atoms with Crippen LogP contribution in [0.2, 0.25) is 5.02 Å². The first-order chi connectivity index (χ1) is 11.5. The van der Waals surface area contributed by atoms with Crippen LogP contribution in [0.3, 0.4) is 0 Å². The third-order valence-corrected chi connectivity index (χ3v) is 3.99. The quantitative estimate of drug-likeness (QED) is 0.697. The standard InChI is InChI=1S/C19H23ClN2O2/c1-4-5-6-7-11-16-17(19(23)24)18(13(2)3)22(21-16)15-10-8-9-14(20)12-15/h5-6,8-10,12-13H,4,7,11H2,1-3H3,(H,23,24)/b6-5-. The number of benzene rings is 1. The summed E-state index contributed by atoms with van der Waals surface area (Å²) in [7, 11) is 0. The van der Waals surface area contributed by atoms with E-state index in [1.165, 1.54) is 0 Å². The Balaban J connectivity index is 2.54. The van der Waals surface area contributed by atoms with Gasteiger partial charge in [-0.05, 0) is 43.4 Å². The molecule has 0 amide bonds. The SMILES string of the molecule is CC/C=C\CCc1nn(-c2cccc(Cl)c2)c(C(C)C)c1C(=O)O. The van der Waals surface area contributed by atoms with Crippen LogP contribution in [0.4, 0.5) is 0 Å². The summed E-state index contributed by atoms with van der Waals surface area (Å²) in [5.74, 6) is -0.899. The Kier molecular flexibility index (Phi) is 6.21. The minimum absolute atomic E-state index is 0.0301. The number of carboxylic acids is 1. The van der Waals surface area contributed by atoms with Gasteiger partial charge in [-0.25, -0.2) is 9.48 Å². The van der Waals surface area contributed by atoms with Crippen LogP contribution >= 0.6 is 11.6 Å². The molecule has 0 unspecified atom stereocenters. The largest absolute Gasteiger partial charge is 0.478 e. The average molecular weight is 347 g/mol. The lowest BCUT2D eigenvalue weighted by atomic mass is 10.0. The van der Waals surface area contributed by atoms with E-state index in [1.807, 2.05) is 26.0 Å². The maximum atomic E-state index is 11.9. The maximum Gasteiger partial charge on any atom is 0.339 e. The fourth-order valence-corrected chi connectivity index (χ4v) is 2.91. The summed E-state index contributed by atoms with van der Waals surface area (Å²) in [4.78, 5) is 11.9. The molecule has 0 bridgehead atoms. The Morgan fingerprint density at radius 1 is 1.38 bits per heavy atom. The molecular weight excluding hydrogens is 324 g/mol. The Labute approximate surface area is 147 Å². The van der Waals surface area contributed by atoms with Gasteiger partial charge >= 0.3 is 5.97 Å². The number of aryl methyl sites for hydroxylation is 1. The molecule has 128 valence electrons. The van der Waals surface area contributed by atoms with Gasteiger partial charge in [0.25, 0.3) is 0 Å². The second-order valence-electron chi connectivity index (χ2n) is 5.98. The molecule has 0 aliphatic carbocycles. The zero-order valence-electron chi connectivity index (χ0n) is 14.3. The van der Waals surface area contributed by atoms with Gasteiger partial charge in [0.2, 0.25) is 0 Å². The van der Waals surface area contributed by atoms with Crippen molar-refractivity contribution in [2.24, 2.45) is 0 Å². The number of aromatic carboxylic acids is 1. The van der Waals surface area contributed by atoms with Crippen molar-refractivity contribution in [2.45, 2.75) is 46.0 Å². The van der Waals surface area contributed by atoms with Crippen LogP contribution in [0.25, 0.3) is 5.69 Å². The van der Waals surface area contributed by atoms with Crippen molar-refractivity contribution in [1.29, 1.82) is 0 Å². The molecule has 0 fully saturated rings. The minimum atomic E-state index is -0.929. The third kappa shape index (κ3) is 4.06. The second kappa shape index (κ2) is 8.15. The number of rotatable bonds is 7. The van der Waals surface area contributed by atoms with Crippen molar-refractivity contribution in [3.8, 4) is 5.69 Å². The number of hydrogen-bond acceptors (Lipinski definition) is 2. The highest BCUT2D eigenvalue weighted by atomic mass is 35.5. The fourth-order valence-electron chi connectivity index (χ4n) is 2.73. The number of carboxylic acid groups (broad SMARTS) is 1. The van der Waals surface area contributed by atoms with E-state index < -0.39 is 5.97 Å². The highest BCUT2D eigenvalue weighted by Gasteiger charge is 2.25. The van der Waals surface area contributed by atoms with E-state index in [-0.39, 0.29) is 5.92 Å². The van der Waals surface area contributed by atoms with Crippen molar-refractivity contribution in [3.05, 3.63) is 58.4 Å². The lowest BCUT2D eigenvalue weighted by Gasteiger charge is -2.11. The first kappa shape index (κ1) is 18.3. The fraction of sp³-hybridized carbons (Fsp3) is 0.368. The molecule has 1 N–H and O–H groups in total. The maximum absolute atomic E-state index is 11.9. The van der Waals surface area contributed by atoms with E-state index in [2.05, 4.69) is 24.2 Å². The van der Waals surface area contributed by atoms with Gasteiger partial charge in [-0.3, -0.25) is 0 Å². The van der Waals surface area contributed by atoms with Gasteiger partial charge in [-0.1, -0.05) is 50.6 Å². The molecular formula is C19H23ClN2O2. The number of allylic oxidation sites excluding steroid dienone is 2. The molecule has 0 aliphatic heterocycles. The molecule has 2 aromatic rings. The van der Waals surface area contributed by atoms with E-state index in [0.29, 0.717) is 28.4 Å². The number of halogens is 1. The molecule has 24 heavy (non-hydrogen) atoms. The molecule has 0 spiro atoms. The Hall–Kier alpha value is -2.07. The van der Waals surface area contributed by atoms with Crippen LogP contribution in [0.15, 0.2) is 36.4 Å². The van der Waals surface area contributed by atoms with Crippen LogP contribution in [0.5, 0.6) is 0 Å². The van der Waals surface area contributed by atoms with Crippen LogP contribution < -0.4 is 0 Å². The molecule has 1 aromatic carbocycles. The van der Waals surface area contributed by atoms with Crippen LogP contribution in [0, 0.1) is 0 Å². The van der Waals surface area contributed by atoms with Crippen molar-refractivity contribution >= 4 is 17.6 Å². The van der Waals surface area contributed by atoms with Crippen molar-refractivity contribution in [2.75, 3.05) is 0 Å². The molecule has 4 nitrogen and oxygen atoms in total. The monoisotopic (exact) mass is 346 g/mol. The summed E-state index contributed by atoms with van der Waals surface area (Å²) in [5.41, 5.74) is 2.42. The molecule has 5 heteroatoms. The predicted molar refractivity (Wildman–Crippen MR) is 97.4 cm³/mol. The van der Waals surface area contributed by atoms with Crippen molar-refractivity contribution in [3.63, 3.8) is 0 Å².